The second-order valence-corrected chi connectivity index (χ2v) is 4.05. The van der Waals surface area contributed by atoms with Crippen molar-refractivity contribution in [3.8, 4) is 0 Å². The van der Waals surface area contributed by atoms with Crippen LogP contribution in [-0.2, 0) is 4.79 Å². The van der Waals surface area contributed by atoms with Gasteiger partial charge in [0.2, 0.25) is 0 Å². The molecule has 0 spiro atoms. The zero-order valence-electron chi connectivity index (χ0n) is 10.2. The van der Waals surface area contributed by atoms with Crippen LogP contribution in [0.1, 0.15) is 20.3 Å². The summed E-state index contributed by atoms with van der Waals surface area (Å²) >= 11 is 0. The van der Waals surface area contributed by atoms with Gasteiger partial charge in [-0.2, -0.15) is 0 Å². The molecule has 0 aliphatic rings. The molecule has 1 aromatic rings. The predicted octanol–water partition coefficient (Wildman–Crippen LogP) is 1.68. The standard InChI is InChI=1S/C11H15N3O4/c1-8(2)13(6-4-11(15)16)9-3-5-12-7-10(9)14(17)18/h3,5,7-8H,4,6H2,1-2H3,(H,15,16). The lowest BCUT2D eigenvalue weighted by atomic mass is 10.2. The van der Waals surface area contributed by atoms with Gasteiger partial charge in [-0.05, 0) is 19.9 Å². The first kappa shape index (κ1) is 13.9. The van der Waals surface area contributed by atoms with Gasteiger partial charge in [0, 0.05) is 18.8 Å². The Labute approximate surface area is 104 Å². The van der Waals surface area contributed by atoms with Crippen LogP contribution in [0.25, 0.3) is 0 Å². The van der Waals surface area contributed by atoms with Gasteiger partial charge in [0.1, 0.15) is 11.9 Å². The summed E-state index contributed by atoms with van der Waals surface area (Å²) in [5, 5.41) is 19.6. The van der Waals surface area contributed by atoms with Crippen molar-refractivity contribution in [2.45, 2.75) is 26.3 Å². The zero-order chi connectivity index (χ0) is 13.7. The van der Waals surface area contributed by atoms with Gasteiger partial charge in [-0.15, -0.1) is 0 Å². The van der Waals surface area contributed by atoms with Crippen LogP contribution in [0.15, 0.2) is 18.5 Å². The van der Waals surface area contributed by atoms with Gasteiger partial charge in [-0.25, -0.2) is 0 Å². The molecule has 1 rings (SSSR count). The molecule has 0 unspecified atom stereocenters. The van der Waals surface area contributed by atoms with Crippen molar-refractivity contribution in [2.24, 2.45) is 0 Å². The summed E-state index contributed by atoms with van der Waals surface area (Å²) in [5.74, 6) is -0.933. The minimum absolute atomic E-state index is 0.0366. The number of carboxylic acids is 1. The van der Waals surface area contributed by atoms with E-state index in [1.165, 1.54) is 18.5 Å². The normalized spacial score (nSPS) is 10.4. The highest BCUT2D eigenvalue weighted by molar-refractivity contribution is 5.69. The molecule has 0 aliphatic carbocycles. The maximum absolute atomic E-state index is 10.9. The number of rotatable bonds is 6. The Bertz CT molecular complexity index is 448. The van der Waals surface area contributed by atoms with E-state index in [2.05, 4.69) is 4.98 Å². The van der Waals surface area contributed by atoms with E-state index in [-0.39, 0.29) is 24.7 Å². The molecule has 0 bridgehead atoms. The van der Waals surface area contributed by atoms with Crippen LogP contribution in [0.5, 0.6) is 0 Å². The van der Waals surface area contributed by atoms with E-state index in [0.717, 1.165) is 0 Å². The molecular weight excluding hydrogens is 238 g/mol. The number of carbonyl (C=O) groups is 1. The average Bonchev–Trinajstić information content (AvgIpc) is 2.28. The Morgan fingerprint density at radius 2 is 2.28 bits per heavy atom. The van der Waals surface area contributed by atoms with E-state index in [4.69, 9.17) is 5.11 Å². The van der Waals surface area contributed by atoms with Crippen LogP contribution < -0.4 is 4.90 Å². The van der Waals surface area contributed by atoms with Crippen LogP contribution >= 0.6 is 0 Å². The lowest BCUT2D eigenvalue weighted by Crippen LogP contribution is -2.33. The Morgan fingerprint density at radius 3 is 2.78 bits per heavy atom. The Kier molecular flexibility index (Phi) is 4.59. The Hall–Kier alpha value is -2.18. The van der Waals surface area contributed by atoms with Crippen molar-refractivity contribution in [3.63, 3.8) is 0 Å². The van der Waals surface area contributed by atoms with Crippen molar-refractivity contribution in [3.05, 3.63) is 28.6 Å². The number of nitrogens with zero attached hydrogens (tertiary/aromatic N) is 3. The first-order valence-corrected chi connectivity index (χ1v) is 5.50. The summed E-state index contributed by atoms with van der Waals surface area (Å²) in [5.41, 5.74) is 0.280. The van der Waals surface area contributed by atoms with Crippen molar-refractivity contribution in [1.29, 1.82) is 0 Å². The topological polar surface area (TPSA) is 96.6 Å². The third kappa shape index (κ3) is 3.41. The molecule has 0 saturated heterocycles. The van der Waals surface area contributed by atoms with Gasteiger partial charge >= 0.3 is 11.7 Å². The van der Waals surface area contributed by atoms with Gasteiger partial charge in [-0.3, -0.25) is 19.9 Å². The molecular formula is C11H15N3O4. The second-order valence-electron chi connectivity index (χ2n) is 4.05. The molecule has 0 atom stereocenters. The fraction of sp³-hybridized carbons (Fsp3) is 0.455. The number of nitro groups is 1. The van der Waals surface area contributed by atoms with Crippen LogP contribution in [0.4, 0.5) is 11.4 Å². The van der Waals surface area contributed by atoms with Crippen LogP contribution in [-0.4, -0.2) is 33.6 Å². The number of hydrogen-bond acceptors (Lipinski definition) is 5. The molecule has 1 aromatic heterocycles. The fourth-order valence-electron chi connectivity index (χ4n) is 1.64. The van der Waals surface area contributed by atoms with Gasteiger partial charge in [0.25, 0.3) is 0 Å². The number of pyridine rings is 1. The van der Waals surface area contributed by atoms with E-state index < -0.39 is 10.9 Å². The van der Waals surface area contributed by atoms with Gasteiger partial charge < -0.3 is 10.0 Å². The molecule has 18 heavy (non-hydrogen) atoms. The van der Waals surface area contributed by atoms with Gasteiger partial charge in [0.05, 0.1) is 11.3 Å². The summed E-state index contributed by atoms with van der Waals surface area (Å²) < 4.78 is 0. The molecule has 0 saturated carbocycles. The summed E-state index contributed by atoms with van der Waals surface area (Å²) in [4.78, 5) is 26.4. The fourth-order valence-corrected chi connectivity index (χ4v) is 1.64. The molecule has 0 aromatic carbocycles. The Balaban J connectivity index is 3.05. The summed E-state index contributed by atoms with van der Waals surface area (Å²) in [6, 6.07) is 1.49. The SMILES string of the molecule is CC(C)N(CCC(=O)O)c1ccncc1[N+](=O)[O-]. The van der Waals surface area contributed by atoms with E-state index in [0.29, 0.717) is 5.69 Å². The highest BCUT2D eigenvalue weighted by Gasteiger charge is 2.21. The zero-order valence-corrected chi connectivity index (χ0v) is 10.2. The van der Waals surface area contributed by atoms with E-state index in [9.17, 15) is 14.9 Å². The average molecular weight is 253 g/mol. The lowest BCUT2D eigenvalue weighted by molar-refractivity contribution is -0.384. The minimum Gasteiger partial charge on any atom is -0.481 e. The van der Waals surface area contributed by atoms with Crippen LogP contribution in [0.3, 0.4) is 0 Å². The minimum atomic E-state index is -0.933. The maximum atomic E-state index is 10.9. The lowest BCUT2D eigenvalue weighted by Gasteiger charge is -2.27. The summed E-state index contributed by atoms with van der Waals surface area (Å²) in [6.45, 7) is 3.93. The van der Waals surface area contributed by atoms with E-state index in [1.54, 1.807) is 4.90 Å². The predicted molar refractivity (Wildman–Crippen MR) is 65.6 cm³/mol. The second kappa shape index (κ2) is 5.95. The largest absolute Gasteiger partial charge is 0.481 e. The third-order valence-corrected chi connectivity index (χ3v) is 2.47. The highest BCUT2D eigenvalue weighted by atomic mass is 16.6. The van der Waals surface area contributed by atoms with Gasteiger partial charge in [-0.1, -0.05) is 0 Å². The molecule has 0 radical (unpaired) electrons. The number of hydrogen-bond donors (Lipinski definition) is 1. The van der Waals surface area contributed by atoms with Crippen molar-refractivity contribution >= 4 is 17.3 Å². The van der Waals surface area contributed by atoms with Gasteiger partial charge in [0.15, 0.2) is 0 Å². The molecule has 0 aliphatic heterocycles. The maximum Gasteiger partial charge on any atom is 0.310 e. The van der Waals surface area contributed by atoms with E-state index >= 15 is 0 Å². The molecule has 98 valence electrons. The third-order valence-electron chi connectivity index (χ3n) is 2.47. The van der Waals surface area contributed by atoms with Crippen molar-refractivity contribution < 1.29 is 14.8 Å². The number of anilines is 1. The van der Waals surface area contributed by atoms with Crippen molar-refractivity contribution in [2.75, 3.05) is 11.4 Å². The molecule has 0 amide bonds. The molecule has 0 fully saturated rings. The molecule has 7 heteroatoms. The monoisotopic (exact) mass is 253 g/mol. The molecule has 1 N–H and O–H groups in total. The molecule has 7 nitrogen and oxygen atoms in total. The van der Waals surface area contributed by atoms with Crippen LogP contribution in [0, 0.1) is 10.1 Å². The first-order chi connectivity index (χ1) is 8.43. The van der Waals surface area contributed by atoms with E-state index in [1.807, 2.05) is 13.8 Å². The summed E-state index contributed by atoms with van der Waals surface area (Å²) in [6.07, 6.45) is 2.56. The summed E-state index contributed by atoms with van der Waals surface area (Å²) in [7, 11) is 0. The number of aromatic nitrogens is 1. The number of aliphatic carboxylic acids is 1. The van der Waals surface area contributed by atoms with Crippen molar-refractivity contribution in [1.82, 2.24) is 4.98 Å². The van der Waals surface area contributed by atoms with Crippen LogP contribution in [0.2, 0.25) is 0 Å². The molecule has 1 heterocycles. The number of carboxylic acid groups (broad SMARTS) is 1. The Morgan fingerprint density at radius 1 is 1.61 bits per heavy atom. The quantitative estimate of drug-likeness (QED) is 0.612. The highest BCUT2D eigenvalue weighted by Crippen LogP contribution is 2.28. The first-order valence-electron chi connectivity index (χ1n) is 5.50. The smallest absolute Gasteiger partial charge is 0.310 e.